The van der Waals surface area contributed by atoms with Crippen molar-refractivity contribution in [2.75, 3.05) is 5.73 Å². The van der Waals surface area contributed by atoms with Crippen LogP contribution in [0.3, 0.4) is 0 Å². The quantitative estimate of drug-likeness (QED) is 0.845. The monoisotopic (exact) mass is 277 g/mol. The number of rotatable bonds is 4. The first-order valence-corrected chi connectivity index (χ1v) is 7.28. The second-order valence-corrected chi connectivity index (χ2v) is 5.51. The molecule has 0 atom stereocenters. The molecule has 0 saturated heterocycles. The molecule has 0 bridgehead atoms. The van der Waals surface area contributed by atoms with Crippen molar-refractivity contribution in [3.63, 3.8) is 0 Å². The third-order valence-corrected chi connectivity index (χ3v) is 4.17. The number of nitrogens with two attached hydrogens (primary N) is 1. The molecule has 2 N–H and O–H groups in total. The Balaban J connectivity index is 1.66. The number of tetrazole rings is 1. The standard InChI is InChI=1S/C11H15N7S/c12-10-6-13-8(5-14-10)7-19-11-15-16-17-18(11)9-3-1-2-4-9/h5-6,9H,1-4,7H2,(H2,12,14). The molecule has 2 heterocycles. The summed E-state index contributed by atoms with van der Waals surface area (Å²) in [5.74, 6) is 1.13. The van der Waals surface area contributed by atoms with Crippen LogP contribution in [0.2, 0.25) is 0 Å². The molecule has 3 rings (SSSR count). The van der Waals surface area contributed by atoms with Gasteiger partial charge in [-0.05, 0) is 23.3 Å². The van der Waals surface area contributed by atoms with Crippen LogP contribution in [0.4, 0.5) is 5.82 Å². The number of hydrogen-bond donors (Lipinski definition) is 1. The number of hydrogen-bond acceptors (Lipinski definition) is 7. The van der Waals surface area contributed by atoms with Crippen molar-refractivity contribution in [2.45, 2.75) is 42.6 Å². The van der Waals surface area contributed by atoms with E-state index in [2.05, 4.69) is 25.5 Å². The highest BCUT2D eigenvalue weighted by Crippen LogP contribution is 2.31. The van der Waals surface area contributed by atoms with Crippen molar-refractivity contribution in [1.82, 2.24) is 30.2 Å². The zero-order valence-electron chi connectivity index (χ0n) is 10.4. The second-order valence-electron chi connectivity index (χ2n) is 4.57. The van der Waals surface area contributed by atoms with Crippen LogP contribution in [-0.4, -0.2) is 30.2 Å². The molecule has 0 amide bonds. The summed E-state index contributed by atoms with van der Waals surface area (Å²) in [6.07, 6.45) is 8.11. The summed E-state index contributed by atoms with van der Waals surface area (Å²) in [5.41, 5.74) is 6.38. The highest BCUT2D eigenvalue weighted by atomic mass is 32.2. The number of nitrogens with zero attached hydrogens (tertiary/aromatic N) is 6. The Hall–Kier alpha value is -1.70. The predicted molar refractivity (Wildman–Crippen MR) is 71.3 cm³/mol. The molecule has 0 unspecified atom stereocenters. The van der Waals surface area contributed by atoms with E-state index in [1.165, 1.54) is 25.7 Å². The van der Waals surface area contributed by atoms with E-state index in [1.807, 2.05) is 4.68 Å². The summed E-state index contributed by atoms with van der Waals surface area (Å²) in [6, 6.07) is 0.454. The maximum Gasteiger partial charge on any atom is 0.209 e. The Morgan fingerprint density at radius 3 is 2.84 bits per heavy atom. The molecule has 19 heavy (non-hydrogen) atoms. The van der Waals surface area contributed by atoms with Gasteiger partial charge in [-0.3, -0.25) is 4.98 Å². The van der Waals surface area contributed by atoms with Crippen molar-refractivity contribution in [1.29, 1.82) is 0 Å². The zero-order chi connectivity index (χ0) is 13.1. The molecule has 8 heteroatoms. The molecular formula is C11H15N7S. The molecule has 0 spiro atoms. The van der Waals surface area contributed by atoms with Crippen molar-refractivity contribution in [3.05, 3.63) is 18.1 Å². The van der Waals surface area contributed by atoms with Crippen molar-refractivity contribution in [3.8, 4) is 0 Å². The van der Waals surface area contributed by atoms with E-state index in [4.69, 9.17) is 5.73 Å². The third-order valence-electron chi connectivity index (χ3n) is 3.21. The van der Waals surface area contributed by atoms with Gasteiger partial charge in [-0.1, -0.05) is 24.6 Å². The van der Waals surface area contributed by atoms with E-state index in [-0.39, 0.29) is 0 Å². The summed E-state index contributed by atoms with van der Waals surface area (Å²) in [5, 5.41) is 12.8. The van der Waals surface area contributed by atoms with Gasteiger partial charge in [-0.15, -0.1) is 5.10 Å². The lowest BCUT2D eigenvalue weighted by atomic mass is 10.3. The Morgan fingerprint density at radius 1 is 1.26 bits per heavy atom. The van der Waals surface area contributed by atoms with Gasteiger partial charge in [0.2, 0.25) is 5.16 Å². The first kappa shape index (κ1) is 12.3. The lowest BCUT2D eigenvalue weighted by molar-refractivity contribution is 0.423. The molecule has 7 nitrogen and oxygen atoms in total. The molecular weight excluding hydrogens is 262 g/mol. The first-order valence-electron chi connectivity index (χ1n) is 6.30. The average Bonchev–Trinajstić information content (AvgIpc) is 3.08. The van der Waals surface area contributed by atoms with Crippen LogP contribution < -0.4 is 5.73 Å². The third kappa shape index (κ3) is 2.83. The SMILES string of the molecule is Nc1cnc(CSc2nnnn2C2CCCC2)cn1. The number of thioether (sulfide) groups is 1. The zero-order valence-corrected chi connectivity index (χ0v) is 11.3. The molecule has 2 aromatic rings. The molecule has 1 fully saturated rings. The molecule has 1 aliphatic carbocycles. The van der Waals surface area contributed by atoms with Crippen LogP contribution in [0.25, 0.3) is 0 Å². The lowest BCUT2D eigenvalue weighted by Gasteiger charge is -2.10. The molecule has 0 radical (unpaired) electrons. The van der Waals surface area contributed by atoms with Gasteiger partial charge in [0.15, 0.2) is 0 Å². The normalized spacial score (nSPS) is 16.0. The van der Waals surface area contributed by atoms with E-state index < -0.39 is 0 Å². The Labute approximate surface area is 115 Å². The molecule has 100 valence electrons. The van der Waals surface area contributed by atoms with Crippen molar-refractivity contribution in [2.24, 2.45) is 0 Å². The molecule has 0 aliphatic heterocycles. The molecule has 0 aromatic carbocycles. The summed E-state index contributed by atoms with van der Waals surface area (Å²) in [7, 11) is 0. The van der Waals surface area contributed by atoms with Crippen LogP contribution in [0.1, 0.15) is 37.4 Å². The predicted octanol–water partition coefficient (Wildman–Crippen LogP) is 1.45. The fourth-order valence-corrected chi connectivity index (χ4v) is 3.07. The lowest BCUT2D eigenvalue weighted by Crippen LogP contribution is -2.08. The average molecular weight is 277 g/mol. The Morgan fingerprint density at radius 2 is 2.11 bits per heavy atom. The second kappa shape index (κ2) is 5.52. The Bertz CT molecular complexity index is 532. The highest BCUT2D eigenvalue weighted by Gasteiger charge is 2.21. The van der Waals surface area contributed by atoms with Crippen LogP contribution in [0.5, 0.6) is 0 Å². The van der Waals surface area contributed by atoms with Gasteiger partial charge >= 0.3 is 0 Å². The summed E-state index contributed by atoms with van der Waals surface area (Å²) in [4.78, 5) is 8.24. The van der Waals surface area contributed by atoms with Crippen LogP contribution >= 0.6 is 11.8 Å². The fraction of sp³-hybridized carbons (Fsp3) is 0.545. The van der Waals surface area contributed by atoms with Crippen LogP contribution in [-0.2, 0) is 5.75 Å². The topological polar surface area (TPSA) is 95.4 Å². The summed E-state index contributed by atoms with van der Waals surface area (Å²) >= 11 is 1.58. The van der Waals surface area contributed by atoms with Gasteiger partial charge in [0.1, 0.15) is 5.82 Å². The van der Waals surface area contributed by atoms with Gasteiger partial charge in [0.25, 0.3) is 0 Å². The maximum atomic E-state index is 5.51. The van der Waals surface area contributed by atoms with Crippen molar-refractivity contribution < 1.29 is 0 Å². The van der Waals surface area contributed by atoms with Gasteiger partial charge in [-0.25, -0.2) is 9.67 Å². The largest absolute Gasteiger partial charge is 0.382 e. The number of anilines is 1. The molecule has 1 saturated carbocycles. The van der Waals surface area contributed by atoms with Gasteiger partial charge in [0, 0.05) is 5.75 Å². The van der Waals surface area contributed by atoms with Crippen LogP contribution in [0, 0.1) is 0 Å². The van der Waals surface area contributed by atoms with E-state index in [0.717, 1.165) is 10.9 Å². The fourth-order valence-electron chi connectivity index (χ4n) is 2.24. The van der Waals surface area contributed by atoms with Gasteiger partial charge < -0.3 is 5.73 Å². The van der Waals surface area contributed by atoms with Crippen LogP contribution in [0.15, 0.2) is 17.6 Å². The molecule has 2 aromatic heterocycles. The molecule has 1 aliphatic rings. The van der Waals surface area contributed by atoms with Crippen molar-refractivity contribution >= 4 is 17.6 Å². The van der Waals surface area contributed by atoms with E-state index in [0.29, 0.717) is 17.6 Å². The van der Waals surface area contributed by atoms with E-state index >= 15 is 0 Å². The first-order chi connectivity index (χ1) is 9.33. The smallest absolute Gasteiger partial charge is 0.209 e. The van der Waals surface area contributed by atoms with Gasteiger partial charge in [-0.2, -0.15) is 0 Å². The minimum atomic E-state index is 0.435. The van der Waals surface area contributed by atoms with Gasteiger partial charge in [0.05, 0.1) is 24.1 Å². The summed E-state index contributed by atoms with van der Waals surface area (Å²) < 4.78 is 1.95. The Kier molecular flexibility index (Phi) is 3.58. The number of aromatic nitrogens is 6. The number of nitrogen functional groups attached to an aromatic ring is 1. The maximum absolute atomic E-state index is 5.51. The minimum absolute atomic E-state index is 0.435. The highest BCUT2D eigenvalue weighted by molar-refractivity contribution is 7.98. The summed E-state index contributed by atoms with van der Waals surface area (Å²) in [6.45, 7) is 0. The minimum Gasteiger partial charge on any atom is -0.382 e. The van der Waals surface area contributed by atoms with E-state index in [1.54, 1.807) is 24.2 Å². The van der Waals surface area contributed by atoms with E-state index in [9.17, 15) is 0 Å².